The highest BCUT2D eigenvalue weighted by molar-refractivity contribution is 6.03. The number of primary amides is 1. The van der Waals surface area contributed by atoms with Crippen LogP contribution in [0.2, 0.25) is 0 Å². The molecular weight excluding hydrogens is 484 g/mol. The molecule has 2 aliphatic heterocycles. The van der Waals surface area contributed by atoms with Gasteiger partial charge in [0.05, 0.1) is 29.8 Å². The quantitative estimate of drug-likeness (QED) is 0.555. The monoisotopic (exact) mass is 518 g/mol. The van der Waals surface area contributed by atoms with E-state index in [1.165, 1.54) is 0 Å². The molecule has 1 aromatic carbocycles. The number of nitrogens with zero attached hydrogens (tertiary/aromatic N) is 3. The highest BCUT2D eigenvalue weighted by atomic mass is 16.5. The Morgan fingerprint density at radius 2 is 2.03 bits per heavy atom. The second-order valence-electron chi connectivity index (χ2n) is 10.0. The Kier molecular flexibility index (Phi) is 9.04. The lowest BCUT2D eigenvalue weighted by Crippen LogP contribution is -2.44. The first-order valence-electron chi connectivity index (χ1n) is 13.2. The molecule has 0 unspecified atom stereocenters. The molecular formula is C29H34N4O5. The van der Waals surface area contributed by atoms with Crippen LogP contribution in [0.15, 0.2) is 18.3 Å². The maximum absolute atomic E-state index is 12.3. The van der Waals surface area contributed by atoms with Gasteiger partial charge in [0.15, 0.2) is 0 Å². The van der Waals surface area contributed by atoms with E-state index in [0.29, 0.717) is 47.0 Å². The van der Waals surface area contributed by atoms with Crippen molar-refractivity contribution in [2.45, 2.75) is 64.6 Å². The van der Waals surface area contributed by atoms with Crippen LogP contribution >= 0.6 is 0 Å². The number of aromatic nitrogens is 1. The van der Waals surface area contributed by atoms with Gasteiger partial charge in [0.1, 0.15) is 18.3 Å². The molecule has 2 aromatic rings. The molecule has 2 aliphatic rings. The van der Waals surface area contributed by atoms with Gasteiger partial charge in [0.25, 0.3) is 5.91 Å². The van der Waals surface area contributed by atoms with E-state index in [9.17, 15) is 9.59 Å². The lowest BCUT2D eigenvalue weighted by atomic mass is 9.96. The first-order valence-corrected chi connectivity index (χ1v) is 13.2. The van der Waals surface area contributed by atoms with Gasteiger partial charge >= 0.3 is 0 Å². The van der Waals surface area contributed by atoms with E-state index in [-0.39, 0.29) is 30.1 Å². The standard InChI is InChI=1S/C29H34N4O5/c1-19(2)37-26-16-24-23(15-25(26)28(31)35)21(6-3-5-20-9-13-36-14-10-20)17-32-29(24)38-22-7-4-12-33(18-22)27(34)8-11-30/h15-17,19-20,22H,4-5,7-10,12-14,18H2,1-2H3,(H2,31,35)/t22-/m1/s1. The lowest BCUT2D eigenvalue weighted by molar-refractivity contribution is -0.132. The summed E-state index contributed by atoms with van der Waals surface area (Å²) in [6.45, 7) is 6.26. The lowest BCUT2D eigenvalue weighted by Gasteiger charge is -2.32. The van der Waals surface area contributed by atoms with E-state index in [4.69, 9.17) is 25.2 Å². The van der Waals surface area contributed by atoms with Crippen molar-refractivity contribution in [1.82, 2.24) is 9.88 Å². The molecule has 0 spiro atoms. The molecule has 9 heteroatoms. The van der Waals surface area contributed by atoms with E-state index in [1.807, 2.05) is 19.9 Å². The van der Waals surface area contributed by atoms with Crippen LogP contribution in [0.25, 0.3) is 10.8 Å². The average Bonchev–Trinajstić information content (AvgIpc) is 2.90. The molecule has 9 nitrogen and oxygen atoms in total. The van der Waals surface area contributed by atoms with Gasteiger partial charge < -0.3 is 24.8 Å². The van der Waals surface area contributed by atoms with Gasteiger partial charge in [-0.05, 0) is 57.6 Å². The van der Waals surface area contributed by atoms with Crippen LogP contribution in [0, 0.1) is 29.1 Å². The number of hydrogen-bond donors (Lipinski definition) is 1. The molecule has 38 heavy (non-hydrogen) atoms. The molecule has 4 rings (SSSR count). The highest BCUT2D eigenvalue weighted by Gasteiger charge is 2.26. The minimum Gasteiger partial charge on any atom is -0.490 e. The van der Waals surface area contributed by atoms with E-state index in [1.54, 1.807) is 23.2 Å². The third-order valence-electron chi connectivity index (χ3n) is 6.77. The number of ether oxygens (including phenoxy) is 3. The van der Waals surface area contributed by atoms with Crippen molar-refractivity contribution >= 4 is 22.6 Å². The molecule has 0 bridgehead atoms. The minimum absolute atomic E-state index is 0.152. The van der Waals surface area contributed by atoms with Crippen molar-refractivity contribution in [3.8, 4) is 29.5 Å². The zero-order valence-corrected chi connectivity index (χ0v) is 22.0. The normalized spacial score (nSPS) is 17.9. The predicted molar refractivity (Wildman–Crippen MR) is 142 cm³/mol. The summed E-state index contributed by atoms with van der Waals surface area (Å²) in [5.74, 6) is 6.96. The van der Waals surface area contributed by atoms with Gasteiger partial charge in [-0.1, -0.05) is 11.8 Å². The van der Waals surface area contributed by atoms with Crippen molar-refractivity contribution in [2.75, 3.05) is 26.3 Å². The number of piperidine rings is 1. The molecule has 200 valence electrons. The fourth-order valence-corrected chi connectivity index (χ4v) is 4.82. The van der Waals surface area contributed by atoms with E-state index in [0.717, 1.165) is 45.3 Å². The van der Waals surface area contributed by atoms with Crippen molar-refractivity contribution in [3.63, 3.8) is 0 Å². The number of amides is 2. The zero-order chi connectivity index (χ0) is 27.1. The van der Waals surface area contributed by atoms with E-state index in [2.05, 4.69) is 16.8 Å². The van der Waals surface area contributed by atoms with Gasteiger partial charge in [0, 0.05) is 43.1 Å². The zero-order valence-electron chi connectivity index (χ0n) is 22.0. The van der Waals surface area contributed by atoms with Gasteiger partial charge in [-0.15, -0.1) is 0 Å². The number of hydrogen-bond acceptors (Lipinski definition) is 7. The van der Waals surface area contributed by atoms with Crippen LogP contribution in [-0.4, -0.2) is 60.2 Å². The van der Waals surface area contributed by atoms with Crippen LogP contribution in [-0.2, 0) is 9.53 Å². The molecule has 0 aliphatic carbocycles. The van der Waals surface area contributed by atoms with Crippen LogP contribution in [0.4, 0.5) is 0 Å². The molecule has 2 fully saturated rings. The second kappa shape index (κ2) is 12.6. The SMILES string of the molecule is CC(C)Oc1cc2c(O[C@@H]3CCCN(C(=O)CC#N)C3)ncc(C#CCC3CCOCC3)c2cc1C(N)=O. The topological polar surface area (TPSA) is 128 Å². The maximum Gasteiger partial charge on any atom is 0.252 e. The average molecular weight is 519 g/mol. The molecule has 1 aromatic heterocycles. The number of rotatable bonds is 7. The summed E-state index contributed by atoms with van der Waals surface area (Å²) >= 11 is 0. The summed E-state index contributed by atoms with van der Waals surface area (Å²) in [5, 5.41) is 10.3. The summed E-state index contributed by atoms with van der Waals surface area (Å²) in [6.07, 6.45) is 5.32. The van der Waals surface area contributed by atoms with Gasteiger partial charge in [-0.25, -0.2) is 4.98 Å². The summed E-state index contributed by atoms with van der Waals surface area (Å²) < 4.78 is 17.7. The van der Waals surface area contributed by atoms with Crippen LogP contribution in [0.5, 0.6) is 11.6 Å². The second-order valence-corrected chi connectivity index (χ2v) is 10.0. The van der Waals surface area contributed by atoms with Crippen molar-refractivity contribution in [2.24, 2.45) is 11.7 Å². The first kappa shape index (κ1) is 27.2. The Labute approximate surface area is 223 Å². The fraction of sp³-hybridized carbons (Fsp3) is 0.517. The molecule has 0 saturated carbocycles. The van der Waals surface area contributed by atoms with Crippen molar-refractivity contribution in [1.29, 1.82) is 5.26 Å². The number of carbonyl (C=O) groups excluding carboxylic acids is 2. The number of likely N-dealkylation sites (tertiary alicyclic amines) is 1. The number of pyridine rings is 1. The smallest absolute Gasteiger partial charge is 0.252 e. The Morgan fingerprint density at radius 3 is 2.74 bits per heavy atom. The molecule has 1 atom stereocenters. The molecule has 2 amide bonds. The number of carbonyl (C=O) groups is 2. The van der Waals surface area contributed by atoms with Gasteiger partial charge in [-0.3, -0.25) is 9.59 Å². The number of fused-ring (bicyclic) bond motifs is 1. The summed E-state index contributed by atoms with van der Waals surface area (Å²) in [4.78, 5) is 30.8. The Bertz CT molecular complexity index is 1280. The van der Waals surface area contributed by atoms with Crippen LogP contribution in [0.1, 0.15) is 68.3 Å². The molecule has 0 radical (unpaired) electrons. The van der Waals surface area contributed by atoms with Crippen LogP contribution < -0.4 is 15.2 Å². The number of nitrogens with two attached hydrogens (primary N) is 1. The largest absolute Gasteiger partial charge is 0.490 e. The molecule has 3 heterocycles. The van der Waals surface area contributed by atoms with Gasteiger partial charge in [-0.2, -0.15) is 5.26 Å². The van der Waals surface area contributed by atoms with E-state index >= 15 is 0 Å². The summed E-state index contributed by atoms with van der Waals surface area (Å²) in [7, 11) is 0. The highest BCUT2D eigenvalue weighted by Crippen LogP contribution is 2.34. The molecule has 2 saturated heterocycles. The fourth-order valence-electron chi connectivity index (χ4n) is 4.82. The van der Waals surface area contributed by atoms with E-state index < -0.39 is 5.91 Å². The van der Waals surface area contributed by atoms with Crippen LogP contribution in [0.3, 0.4) is 0 Å². The third-order valence-corrected chi connectivity index (χ3v) is 6.77. The molecule has 2 N–H and O–H groups in total. The first-order chi connectivity index (χ1) is 18.4. The van der Waals surface area contributed by atoms with Crippen molar-refractivity contribution in [3.05, 3.63) is 29.5 Å². The van der Waals surface area contributed by atoms with Gasteiger partial charge in [0.2, 0.25) is 11.8 Å². The third kappa shape index (κ3) is 6.73. The summed E-state index contributed by atoms with van der Waals surface area (Å²) in [5.41, 5.74) is 6.65. The number of benzene rings is 1. The maximum atomic E-state index is 12.3. The number of nitriles is 1. The predicted octanol–water partition coefficient (Wildman–Crippen LogP) is 3.57. The Morgan fingerprint density at radius 1 is 1.24 bits per heavy atom. The van der Waals surface area contributed by atoms with Crippen molar-refractivity contribution < 1.29 is 23.8 Å². The summed E-state index contributed by atoms with van der Waals surface area (Å²) in [6, 6.07) is 5.36. The minimum atomic E-state index is -0.595. The Balaban J connectivity index is 1.69. The Hall–Kier alpha value is -3.82.